The number of ether oxygens (including phenoxy) is 1. The van der Waals surface area contributed by atoms with E-state index in [9.17, 15) is 2.74 Å². The smallest absolute Gasteiger partial charge is 0.137 e. The first kappa shape index (κ1) is 42.8. The number of anilines is 7. The zero-order valence-corrected chi connectivity index (χ0v) is 45.7. The first-order chi connectivity index (χ1) is 36.0. The number of rotatable bonds is 7. The molecular formula is C66H72N4OSi. The number of aromatic nitrogens is 1. The van der Waals surface area contributed by atoms with Crippen molar-refractivity contribution in [1.29, 1.82) is 0 Å². The molecule has 5 nitrogen and oxygen atoms in total. The van der Waals surface area contributed by atoms with Gasteiger partial charge in [-0.25, -0.2) is 4.98 Å². The van der Waals surface area contributed by atoms with E-state index >= 15 is 0 Å². The molecule has 1 aromatic heterocycles. The molecule has 2 aliphatic rings. The molecular weight excluding hydrogens is 893 g/mol. The van der Waals surface area contributed by atoms with Crippen LogP contribution in [0.25, 0.3) is 22.3 Å². The van der Waals surface area contributed by atoms with Crippen LogP contribution in [0.5, 0.6) is 11.5 Å². The first-order valence-electron chi connectivity index (χ1n) is 27.9. The Kier molecular flexibility index (Phi) is 10.5. The second-order valence-electron chi connectivity index (χ2n) is 24.4. The van der Waals surface area contributed by atoms with Gasteiger partial charge in [-0.05, 0) is 114 Å². The zero-order valence-electron chi connectivity index (χ0n) is 49.7. The SMILES string of the molecule is [2H]c1c([2H])c([2H])c(-c2cccc(-c3cc(C(C)(C)C)cc(C(C)(C)C)c3)c2N2CN(c3cc(Oc4ccc5c(c4)N(c4cc(C(C)(C)C)ccn4)c4ccccc4[Si]5(C)C)cc(C(C)(C)C)c3)c3ccccc32)c([2H])c1[2H]. The molecule has 10 rings (SSSR count). The van der Waals surface area contributed by atoms with Crippen LogP contribution < -0.4 is 29.8 Å². The Balaban J connectivity index is 1.13. The van der Waals surface area contributed by atoms with Gasteiger partial charge in [-0.15, -0.1) is 0 Å². The fraction of sp³-hybridized carbons (Fsp3) is 0.288. The lowest BCUT2D eigenvalue weighted by atomic mass is 9.78. The summed E-state index contributed by atoms with van der Waals surface area (Å²) in [7, 11) is -2.17. The van der Waals surface area contributed by atoms with Gasteiger partial charge in [0.1, 0.15) is 32.1 Å². The van der Waals surface area contributed by atoms with Crippen LogP contribution in [-0.4, -0.2) is 19.7 Å². The molecule has 0 spiro atoms. The average molecular weight is 970 g/mol. The Bertz CT molecular complexity index is 3590. The molecule has 366 valence electrons. The highest BCUT2D eigenvalue weighted by Gasteiger charge is 2.40. The van der Waals surface area contributed by atoms with E-state index in [1.54, 1.807) is 0 Å². The van der Waals surface area contributed by atoms with E-state index in [-0.39, 0.29) is 51.4 Å². The molecule has 0 unspecified atom stereocenters. The summed E-state index contributed by atoms with van der Waals surface area (Å²) in [6.07, 6.45) is 1.93. The van der Waals surface area contributed by atoms with Gasteiger partial charge in [0.05, 0.1) is 29.6 Å². The number of benzene rings is 7. The predicted molar refractivity (Wildman–Crippen MR) is 310 cm³/mol. The van der Waals surface area contributed by atoms with E-state index in [0.717, 1.165) is 62.4 Å². The molecule has 72 heavy (non-hydrogen) atoms. The van der Waals surface area contributed by atoms with Gasteiger partial charge < -0.3 is 14.5 Å². The Hall–Kier alpha value is -6.89. The summed E-state index contributed by atoms with van der Waals surface area (Å²) in [5.74, 6) is 2.29. The van der Waals surface area contributed by atoms with E-state index in [1.807, 2.05) is 24.4 Å². The monoisotopic (exact) mass is 970 g/mol. The standard InChI is InChI=1S/C66H72N4OSi/c1-63(2,3)46-33-34-67-61(40-46)70-57-29-20-21-30-59(57)72(13,14)60-32-31-51(42-58(60)70)71-52-39-49(66(10,11)12)38-50(41-52)68-43-69(56-28-19-18-27-55(56)68)62-53(44-23-16-15-17-24-44)25-22-26-54(62)45-35-47(64(4,5)6)37-48(36-45)65(7,8)9/h15-42H,43H2,1-14H3/i15D,16D,17D,23D,24D. The van der Waals surface area contributed by atoms with Crippen molar-refractivity contribution < 1.29 is 11.6 Å². The third kappa shape index (κ3) is 9.04. The Morgan fingerprint density at radius 2 is 1.06 bits per heavy atom. The van der Waals surface area contributed by atoms with Crippen LogP contribution in [-0.2, 0) is 21.7 Å². The Labute approximate surface area is 438 Å². The first-order valence-corrected chi connectivity index (χ1v) is 28.4. The maximum atomic E-state index is 9.33. The zero-order chi connectivity index (χ0) is 55.5. The van der Waals surface area contributed by atoms with Crippen molar-refractivity contribution >= 4 is 58.4 Å². The van der Waals surface area contributed by atoms with Gasteiger partial charge in [0, 0.05) is 40.8 Å². The summed E-state index contributed by atoms with van der Waals surface area (Å²) < 4.78 is 52.0. The van der Waals surface area contributed by atoms with Crippen LogP contribution in [0.4, 0.5) is 39.9 Å². The highest BCUT2D eigenvalue weighted by atomic mass is 28.3. The maximum absolute atomic E-state index is 9.33. The van der Waals surface area contributed by atoms with Crippen molar-refractivity contribution in [2.75, 3.05) is 21.4 Å². The molecule has 8 aromatic rings. The minimum Gasteiger partial charge on any atom is -0.457 e. The van der Waals surface area contributed by atoms with Gasteiger partial charge in [0.2, 0.25) is 0 Å². The number of hydrogen-bond donors (Lipinski definition) is 0. The van der Waals surface area contributed by atoms with E-state index in [0.29, 0.717) is 18.0 Å². The second kappa shape index (κ2) is 17.7. The molecule has 2 aliphatic heterocycles. The van der Waals surface area contributed by atoms with Crippen molar-refractivity contribution in [3.63, 3.8) is 0 Å². The van der Waals surface area contributed by atoms with Crippen LogP contribution in [0.2, 0.25) is 13.1 Å². The summed E-state index contributed by atoms with van der Waals surface area (Å²) >= 11 is 0. The molecule has 0 fully saturated rings. The Morgan fingerprint density at radius 1 is 0.486 bits per heavy atom. The van der Waals surface area contributed by atoms with Gasteiger partial charge in [-0.3, -0.25) is 4.90 Å². The molecule has 7 aromatic carbocycles. The third-order valence-electron chi connectivity index (χ3n) is 14.6. The quantitative estimate of drug-likeness (QED) is 0.149. The fourth-order valence-electron chi connectivity index (χ4n) is 10.3. The average Bonchev–Trinajstić information content (AvgIpc) is 3.96. The topological polar surface area (TPSA) is 31.8 Å². The molecule has 0 amide bonds. The number of hydrogen-bond acceptors (Lipinski definition) is 5. The molecule has 3 heterocycles. The normalized spacial score (nSPS) is 15.5. The summed E-state index contributed by atoms with van der Waals surface area (Å²) in [5, 5.41) is 2.68. The minimum atomic E-state index is -2.17. The molecule has 0 radical (unpaired) electrons. The maximum Gasteiger partial charge on any atom is 0.137 e. The largest absolute Gasteiger partial charge is 0.457 e. The van der Waals surface area contributed by atoms with Crippen molar-refractivity contribution in [3.8, 4) is 33.8 Å². The van der Waals surface area contributed by atoms with Crippen LogP contribution in [0.15, 0.2) is 170 Å². The molecule has 0 saturated carbocycles. The van der Waals surface area contributed by atoms with Gasteiger partial charge in [0.25, 0.3) is 0 Å². The van der Waals surface area contributed by atoms with Crippen LogP contribution in [0.3, 0.4) is 0 Å². The molecule has 6 heteroatoms. The molecule has 0 bridgehead atoms. The highest BCUT2D eigenvalue weighted by Crippen LogP contribution is 2.52. The van der Waals surface area contributed by atoms with Gasteiger partial charge in [-0.1, -0.05) is 199 Å². The fourth-order valence-corrected chi connectivity index (χ4v) is 13.3. The summed E-state index contributed by atoms with van der Waals surface area (Å²) in [5.41, 5.74) is 12.4. The molecule has 0 atom stereocenters. The lowest BCUT2D eigenvalue weighted by Gasteiger charge is -2.40. The lowest BCUT2D eigenvalue weighted by Crippen LogP contribution is -2.58. The lowest BCUT2D eigenvalue weighted by molar-refractivity contribution is 0.479. The van der Waals surface area contributed by atoms with Gasteiger partial charge >= 0.3 is 0 Å². The van der Waals surface area contributed by atoms with Crippen molar-refractivity contribution in [3.05, 3.63) is 192 Å². The van der Waals surface area contributed by atoms with Gasteiger partial charge in [-0.2, -0.15) is 0 Å². The van der Waals surface area contributed by atoms with Crippen molar-refractivity contribution in [2.24, 2.45) is 0 Å². The van der Waals surface area contributed by atoms with Crippen LogP contribution in [0.1, 0.15) is 112 Å². The van der Waals surface area contributed by atoms with Crippen molar-refractivity contribution in [1.82, 2.24) is 4.98 Å². The van der Waals surface area contributed by atoms with Crippen molar-refractivity contribution in [2.45, 2.75) is 118 Å². The molecule has 0 N–H and O–H groups in total. The van der Waals surface area contributed by atoms with Crippen LogP contribution >= 0.6 is 0 Å². The number of pyridine rings is 1. The van der Waals surface area contributed by atoms with E-state index in [1.165, 1.54) is 27.1 Å². The van der Waals surface area contributed by atoms with Crippen LogP contribution in [0, 0.1) is 0 Å². The second-order valence-corrected chi connectivity index (χ2v) is 28.7. The number of para-hydroxylation sites is 4. The third-order valence-corrected chi connectivity index (χ3v) is 18.2. The van der Waals surface area contributed by atoms with E-state index < -0.39 is 14.1 Å². The van der Waals surface area contributed by atoms with E-state index in [2.05, 4.69) is 226 Å². The number of fused-ring (bicyclic) bond motifs is 3. The van der Waals surface area contributed by atoms with E-state index in [4.69, 9.17) is 13.8 Å². The summed E-state index contributed by atoms with van der Waals surface area (Å²) in [6, 6.07) is 45.7. The number of nitrogens with zero attached hydrogens (tertiary/aromatic N) is 4. The predicted octanol–water partition coefficient (Wildman–Crippen LogP) is 17.3. The highest BCUT2D eigenvalue weighted by molar-refractivity contribution is 7.02. The minimum absolute atomic E-state index is 0.0678. The molecule has 0 aliphatic carbocycles. The summed E-state index contributed by atoms with van der Waals surface area (Å²) in [4.78, 5) is 11.9. The summed E-state index contributed by atoms with van der Waals surface area (Å²) in [6.45, 7) is 32.0. The Morgan fingerprint density at radius 3 is 1.69 bits per heavy atom. The molecule has 0 saturated heterocycles. The van der Waals surface area contributed by atoms with Gasteiger partial charge in [0.15, 0.2) is 0 Å².